The van der Waals surface area contributed by atoms with Crippen LogP contribution in [0.3, 0.4) is 0 Å². The van der Waals surface area contributed by atoms with E-state index in [0.717, 1.165) is 10.9 Å². The standard InChI is InChI=1S/C13H14FNO2/c1-4-8-5-9-7(2)12(13(16)17-3)15-11(9)6-10(8)14/h5-6,15H,4H2,1-3H3. The maximum atomic E-state index is 13.6. The summed E-state index contributed by atoms with van der Waals surface area (Å²) in [4.78, 5) is 14.4. The monoisotopic (exact) mass is 235 g/mol. The number of esters is 1. The fourth-order valence-corrected chi connectivity index (χ4v) is 1.97. The van der Waals surface area contributed by atoms with Crippen LogP contribution >= 0.6 is 0 Å². The largest absolute Gasteiger partial charge is 0.464 e. The number of fused-ring (bicyclic) bond motifs is 1. The van der Waals surface area contributed by atoms with E-state index in [-0.39, 0.29) is 5.82 Å². The number of aryl methyl sites for hydroxylation is 2. The highest BCUT2D eigenvalue weighted by molar-refractivity contribution is 5.98. The van der Waals surface area contributed by atoms with E-state index in [2.05, 4.69) is 9.72 Å². The summed E-state index contributed by atoms with van der Waals surface area (Å²) in [5.41, 5.74) is 2.45. The molecule has 1 aromatic heterocycles. The Bertz CT molecular complexity index is 587. The van der Waals surface area contributed by atoms with Crippen LogP contribution in [0.2, 0.25) is 0 Å². The lowest BCUT2D eigenvalue weighted by atomic mass is 10.1. The number of ether oxygens (including phenoxy) is 1. The van der Waals surface area contributed by atoms with Crippen molar-refractivity contribution in [2.24, 2.45) is 0 Å². The van der Waals surface area contributed by atoms with Gasteiger partial charge in [-0.2, -0.15) is 0 Å². The third-order valence-electron chi connectivity index (χ3n) is 3.00. The number of aromatic amines is 1. The van der Waals surface area contributed by atoms with E-state index in [1.54, 1.807) is 6.07 Å². The third-order valence-corrected chi connectivity index (χ3v) is 3.00. The molecule has 0 amide bonds. The zero-order chi connectivity index (χ0) is 12.6. The van der Waals surface area contributed by atoms with E-state index in [9.17, 15) is 9.18 Å². The summed E-state index contributed by atoms with van der Waals surface area (Å²) in [5, 5.41) is 0.864. The SMILES string of the molecule is CCc1cc2c(C)c(C(=O)OC)[nH]c2cc1F. The van der Waals surface area contributed by atoms with E-state index in [1.807, 2.05) is 13.8 Å². The van der Waals surface area contributed by atoms with Gasteiger partial charge in [0.25, 0.3) is 0 Å². The predicted molar refractivity (Wildman–Crippen MR) is 63.7 cm³/mol. The van der Waals surface area contributed by atoms with E-state index >= 15 is 0 Å². The number of H-pyrrole nitrogens is 1. The Morgan fingerprint density at radius 2 is 2.18 bits per heavy atom. The van der Waals surface area contributed by atoms with Crippen LogP contribution in [0.25, 0.3) is 10.9 Å². The molecular weight excluding hydrogens is 221 g/mol. The van der Waals surface area contributed by atoms with Crippen LogP contribution in [0, 0.1) is 12.7 Å². The van der Waals surface area contributed by atoms with Crippen molar-refractivity contribution >= 4 is 16.9 Å². The van der Waals surface area contributed by atoms with Crippen molar-refractivity contribution in [2.75, 3.05) is 7.11 Å². The molecule has 2 aromatic rings. The minimum atomic E-state index is -0.433. The van der Waals surface area contributed by atoms with Crippen molar-refractivity contribution in [3.8, 4) is 0 Å². The number of methoxy groups -OCH3 is 1. The molecule has 1 aromatic carbocycles. The van der Waals surface area contributed by atoms with Crippen molar-refractivity contribution in [3.63, 3.8) is 0 Å². The second kappa shape index (κ2) is 4.20. The topological polar surface area (TPSA) is 42.1 Å². The Hall–Kier alpha value is -1.84. The van der Waals surface area contributed by atoms with Gasteiger partial charge in [0.15, 0.2) is 0 Å². The molecule has 0 unspecified atom stereocenters. The van der Waals surface area contributed by atoms with Gasteiger partial charge in [0.1, 0.15) is 11.5 Å². The first-order chi connectivity index (χ1) is 8.08. The van der Waals surface area contributed by atoms with Crippen LogP contribution in [-0.4, -0.2) is 18.1 Å². The van der Waals surface area contributed by atoms with E-state index in [4.69, 9.17) is 0 Å². The van der Waals surface area contributed by atoms with Gasteiger partial charge in [0, 0.05) is 10.9 Å². The quantitative estimate of drug-likeness (QED) is 0.813. The third kappa shape index (κ3) is 1.79. The minimum Gasteiger partial charge on any atom is -0.464 e. The molecular formula is C13H14FNO2. The van der Waals surface area contributed by atoms with Gasteiger partial charge in [-0.1, -0.05) is 6.92 Å². The van der Waals surface area contributed by atoms with E-state index in [0.29, 0.717) is 23.2 Å². The highest BCUT2D eigenvalue weighted by Gasteiger charge is 2.16. The molecule has 4 heteroatoms. The first-order valence-corrected chi connectivity index (χ1v) is 5.47. The Kier molecular flexibility index (Phi) is 2.88. The first-order valence-electron chi connectivity index (χ1n) is 5.47. The number of hydrogen-bond donors (Lipinski definition) is 1. The number of rotatable bonds is 2. The van der Waals surface area contributed by atoms with Gasteiger partial charge in [0.05, 0.1) is 7.11 Å². The normalized spacial score (nSPS) is 10.8. The van der Waals surface area contributed by atoms with Crippen molar-refractivity contribution in [1.82, 2.24) is 4.98 Å². The number of carbonyl (C=O) groups is 1. The van der Waals surface area contributed by atoms with Crippen LogP contribution in [0.5, 0.6) is 0 Å². The lowest BCUT2D eigenvalue weighted by molar-refractivity contribution is 0.0594. The molecule has 90 valence electrons. The zero-order valence-electron chi connectivity index (χ0n) is 10.1. The molecule has 1 heterocycles. The number of halogens is 1. The lowest BCUT2D eigenvalue weighted by Gasteiger charge is -2.00. The highest BCUT2D eigenvalue weighted by atomic mass is 19.1. The number of hydrogen-bond acceptors (Lipinski definition) is 2. The summed E-state index contributed by atoms with van der Waals surface area (Å²) in [7, 11) is 1.32. The molecule has 1 N–H and O–H groups in total. The summed E-state index contributed by atoms with van der Waals surface area (Å²) in [6.07, 6.45) is 0.625. The molecule has 0 saturated carbocycles. The Labute approximate surface area is 98.6 Å². The van der Waals surface area contributed by atoms with Crippen molar-refractivity contribution in [1.29, 1.82) is 0 Å². The molecule has 3 nitrogen and oxygen atoms in total. The number of aromatic nitrogens is 1. The van der Waals surface area contributed by atoms with E-state index < -0.39 is 5.97 Å². The summed E-state index contributed by atoms with van der Waals surface area (Å²) >= 11 is 0. The summed E-state index contributed by atoms with van der Waals surface area (Å²) in [6.45, 7) is 3.72. The van der Waals surface area contributed by atoms with Gasteiger partial charge in [-0.15, -0.1) is 0 Å². The van der Waals surface area contributed by atoms with Crippen molar-refractivity contribution in [2.45, 2.75) is 20.3 Å². The first kappa shape index (κ1) is 11.6. The van der Waals surface area contributed by atoms with E-state index in [1.165, 1.54) is 13.2 Å². The highest BCUT2D eigenvalue weighted by Crippen LogP contribution is 2.25. The maximum absolute atomic E-state index is 13.6. The molecule has 0 atom stereocenters. The van der Waals surface area contributed by atoms with Crippen LogP contribution in [0.4, 0.5) is 4.39 Å². The Morgan fingerprint density at radius 1 is 1.47 bits per heavy atom. The molecule has 0 spiro atoms. The average molecular weight is 235 g/mol. The summed E-state index contributed by atoms with van der Waals surface area (Å²) < 4.78 is 18.3. The van der Waals surface area contributed by atoms with Crippen molar-refractivity contribution < 1.29 is 13.9 Å². The van der Waals surface area contributed by atoms with Crippen LogP contribution in [0.1, 0.15) is 28.5 Å². The molecule has 17 heavy (non-hydrogen) atoms. The molecule has 0 aliphatic carbocycles. The number of benzene rings is 1. The second-order valence-electron chi connectivity index (χ2n) is 3.96. The molecule has 0 aliphatic rings. The van der Waals surface area contributed by atoms with Crippen LogP contribution < -0.4 is 0 Å². The smallest absolute Gasteiger partial charge is 0.354 e. The molecule has 0 radical (unpaired) electrons. The van der Waals surface area contributed by atoms with Crippen LogP contribution in [0.15, 0.2) is 12.1 Å². The zero-order valence-corrected chi connectivity index (χ0v) is 10.1. The molecule has 0 aliphatic heterocycles. The Morgan fingerprint density at radius 3 is 2.76 bits per heavy atom. The summed E-state index contributed by atoms with van der Waals surface area (Å²) in [5.74, 6) is -0.685. The van der Waals surface area contributed by atoms with Crippen LogP contribution in [-0.2, 0) is 11.2 Å². The van der Waals surface area contributed by atoms with Gasteiger partial charge in [-0.05, 0) is 36.6 Å². The Balaban J connectivity index is 2.70. The fourth-order valence-electron chi connectivity index (χ4n) is 1.97. The molecule has 2 rings (SSSR count). The number of nitrogens with one attached hydrogen (secondary N) is 1. The minimum absolute atomic E-state index is 0.252. The lowest BCUT2D eigenvalue weighted by Crippen LogP contribution is -2.02. The number of carbonyl (C=O) groups excluding carboxylic acids is 1. The molecule has 0 saturated heterocycles. The molecule has 0 bridgehead atoms. The summed E-state index contributed by atoms with van der Waals surface area (Å²) in [6, 6.07) is 3.20. The average Bonchev–Trinajstić information content (AvgIpc) is 2.64. The molecule has 0 fully saturated rings. The fraction of sp³-hybridized carbons (Fsp3) is 0.308. The predicted octanol–water partition coefficient (Wildman–Crippen LogP) is 2.96. The van der Waals surface area contributed by atoms with Gasteiger partial charge >= 0.3 is 5.97 Å². The van der Waals surface area contributed by atoms with Gasteiger partial charge in [-0.25, -0.2) is 9.18 Å². The van der Waals surface area contributed by atoms with Crippen molar-refractivity contribution in [3.05, 3.63) is 34.8 Å². The van der Waals surface area contributed by atoms with Gasteiger partial charge in [-0.3, -0.25) is 0 Å². The second-order valence-corrected chi connectivity index (χ2v) is 3.96. The van der Waals surface area contributed by atoms with Gasteiger partial charge in [0.2, 0.25) is 0 Å². The van der Waals surface area contributed by atoms with Gasteiger partial charge < -0.3 is 9.72 Å². The maximum Gasteiger partial charge on any atom is 0.354 e.